The van der Waals surface area contributed by atoms with Crippen LogP contribution in [-0.2, 0) is 20.7 Å². The number of rotatable bonds is 8. The molecule has 0 aromatic heterocycles. The number of ether oxygens (including phenoxy) is 4. The molecule has 10 nitrogen and oxygen atoms in total. The highest BCUT2D eigenvalue weighted by Gasteiger charge is 2.20. The standard InChI is InChI=1S/C23H27N3O5.C3H5ClO2/c1-4-31-23(28)24-18-10-7-16(8-11-18)14-22(27)26-13-5-6-19(25-26)17-9-12-20(29-2)21(15-17)30-3;1-2-6-3(4)5/h7-12,15H,4-6,13-14H2,1-3H3,(H,24,28);2H2,1H3. The third-order valence-electron chi connectivity index (χ3n) is 5.12. The van der Waals surface area contributed by atoms with Crippen LogP contribution in [0.25, 0.3) is 0 Å². The normalized spacial score (nSPS) is 12.4. The highest BCUT2D eigenvalue weighted by molar-refractivity contribution is 6.61. The van der Waals surface area contributed by atoms with Crippen molar-refractivity contribution in [2.45, 2.75) is 33.1 Å². The largest absolute Gasteiger partial charge is 0.493 e. The molecule has 200 valence electrons. The lowest BCUT2D eigenvalue weighted by Gasteiger charge is -2.24. The van der Waals surface area contributed by atoms with Crippen molar-refractivity contribution >= 4 is 40.4 Å². The third-order valence-corrected chi connectivity index (χ3v) is 5.23. The summed E-state index contributed by atoms with van der Waals surface area (Å²) in [6.07, 6.45) is 1.34. The minimum atomic E-state index is -0.738. The van der Waals surface area contributed by atoms with Gasteiger partial charge in [0.15, 0.2) is 11.5 Å². The van der Waals surface area contributed by atoms with E-state index in [1.807, 2.05) is 30.3 Å². The molecule has 1 heterocycles. The van der Waals surface area contributed by atoms with Crippen molar-refractivity contribution in [1.29, 1.82) is 0 Å². The lowest BCUT2D eigenvalue weighted by molar-refractivity contribution is -0.130. The highest BCUT2D eigenvalue weighted by Crippen LogP contribution is 2.29. The van der Waals surface area contributed by atoms with E-state index in [2.05, 4.69) is 15.2 Å². The second-order valence-electron chi connectivity index (χ2n) is 7.63. The summed E-state index contributed by atoms with van der Waals surface area (Å²) < 4.78 is 19.7. The number of amides is 2. The minimum Gasteiger partial charge on any atom is -0.493 e. The Balaban J connectivity index is 0.000000717. The van der Waals surface area contributed by atoms with Crippen LogP contribution >= 0.6 is 11.6 Å². The lowest BCUT2D eigenvalue weighted by atomic mass is 10.0. The first-order chi connectivity index (χ1) is 17.8. The molecule has 0 unspecified atom stereocenters. The SMILES string of the molecule is CCOC(=O)Cl.CCOC(=O)Nc1ccc(CC(=O)N2CCCC(c3ccc(OC)c(OC)c3)=N2)cc1. The molecular weight excluding hydrogens is 502 g/mol. The van der Waals surface area contributed by atoms with Crippen molar-refractivity contribution in [3.8, 4) is 11.5 Å². The number of hydrogen-bond acceptors (Lipinski definition) is 8. The number of methoxy groups -OCH3 is 2. The predicted molar refractivity (Wildman–Crippen MR) is 141 cm³/mol. The summed E-state index contributed by atoms with van der Waals surface area (Å²) in [5.41, 5.74) is 2.46. The van der Waals surface area contributed by atoms with Gasteiger partial charge in [-0.25, -0.2) is 14.6 Å². The van der Waals surface area contributed by atoms with Gasteiger partial charge in [-0.1, -0.05) is 12.1 Å². The third kappa shape index (κ3) is 9.64. The van der Waals surface area contributed by atoms with Crippen molar-refractivity contribution in [1.82, 2.24) is 5.01 Å². The Labute approximate surface area is 221 Å². The van der Waals surface area contributed by atoms with E-state index < -0.39 is 11.5 Å². The monoisotopic (exact) mass is 533 g/mol. The fourth-order valence-corrected chi connectivity index (χ4v) is 3.52. The van der Waals surface area contributed by atoms with Gasteiger partial charge < -0.3 is 18.9 Å². The zero-order valence-corrected chi connectivity index (χ0v) is 22.2. The summed E-state index contributed by atoms with van der Waals surface area (Å²) >= 11 is 4.72. The van der Waals surface area contributed by atoms with Crippen molar-refractivity contribution in [3.05, 3.63) is 53.6 Å². The number of hydrogen-bond donors (Lipinski definition) is 1. The molecule has 3 rings (SSSR count). The van der Waals surface area contributed by atoms with Gasteiger partial charge in [0.25, 0.3) is 0 Å². The molecule has 0 aliphatic carbocycles. The summed E-state index contributed by atoms with van der Waals surface area (Å²) in [5.74, 6) is 1.20. The molecule has 1 N–H and O–H groups in total. The quantitative estimate of drug-likeness (QED) is 0.462. The number of carbonyl (C=O) groups excluding carboxylic acids is 3. The number of hydrazone groups is 1. The van der Waals surface area contributed by atoms with Crippen molar-refractivity contribution in [2.75, 3.05) is 39.3 Å². The molecule has 11 heteroatoms. The molecule has 2 aromatic rings. The highest BCUT2D eigenvalue weighted by atomic mass is 35.5. The number of anilines is 1. The van der Waals surface area contributed by atoms with Gasteiger partial charge in [-0.05, 0) is 62.6 Å². The molecule has 2 amide bonds. The second kappa shape index (κ2) is 15.4. The van der Waals surface area contributed by atoms with Crippen LogP contribution in [0.15, 0.2) is 47.6 Å². The zero-order valence-electron chi connectivity index (χ0n) is 21.4. The van der Waals surface area contributed by atoms with E-state index in [1.54, 1.807) is 40.2 Å². The fourth-order valence-electron chi connectivity index (χ4n) is 3.41. The van der Waals surface area contributed by atoms with Crippen molar-refractivity contribution in [2.24, 2.45) is 5.10 Å². The van der Waals surface area contributed by atoms with Gasteiger partial charge in [0.1, 0.15) is 0 Å². The number of carbonyl (C=O) groups is 3. The van der Waals surface area contributed by atoms with Gasteiger partial charge >= 0.3 is 11.5 Å². The van der Waals surface area contributed by atoms with Crippen LogP contribution in [0, 0.1) is 0 Å². The van der Waals surface area contributed by atoms with E-state index in [0.717, 1.165) is 29.7 Å². The average molecular weight is 534 g/mol. The fraction of sp³-hybridized carbons (Fsp3) is 0.385. The minimum absolute atomic E-state index is 0.0798. The van der Waals surface area contributed by atoms with Crippen LogP contribution in [0.1, 0.15) is 37.8 Å². The topological polar surface area (TPSA) is 116 Å². The van der Waals surface area contributed by atoms with Crippen LogP contribution in [0.2, 0.25) is 0 Å². The van der Waals surface area contributed by atoms with Crippen LogP contribution in [0.3, 0.4) is 0 Å². The van der Waals surface area contributed by atoms with Gasteiger partial charge in [0, 0.05) is 29.4 Å². The van der Waals surface area contributed by atoms with E-state index in [-0.39, 0.29) is 12.3 Å². The Bertz CT molecular complexity index is 1090. The second-order valence-corrected chi connectivity index (χ2v) is 7.94. The molecule has 0 saturated heterocycles. The first-order valence-corrected chi connectivity index (χ1v) is 12.1. The van der Waals surface area contributed by atoms with Crippen LogP contribution < -0.4 is 14.8 Å². The average Bonchev–Trinajstić information content (AvgIpc) is 2.90. The molecule has 2 aromatic carbocycles. The van der Waals surface area contributed by atoms with Crippen LogP contribution in [0.5, 0.6) is 11.5 Å². The first kappa shape index (κ1) is 29.4. The molecular formula is C26H32ClN3O7. The van der Waals surface area contributed by atoms with Gasteiger partial charge in [0.2, 0.25) is 5.91 Å². The Hall–Kier alpha value is -3.79. The van der Waals surface area contributed by atoms with E-state index in [9.17, 15) is 14.4 Å². The van der Waals surface area contributed by atoms with E-state index in [4.69, 9.17) is 25.8 Å². The van der Waals surface area contributed by atoms with E-state index in [0.29, 0.717) is 36.9 Å². The predicted octanol–water partition coefficient (Wildman–Crippen LogP) is 5.22. The molecule has 0 fully saturated rings. The molecule has 1 aliphatic rings. The number of halogens is 1. The Kier molecular flexibility index (Phi) is 12.2. The molecule has 1 aliphatic heterocycles. The number of nitrogens with zero attached hydrogens (tertiary/aromatic N) is 2. The van der Waals surface area contributed by atoms with Gasteiger partial charge in [-0.2, -0.15) is 5.10 Å². The smallest absolute Gasteiger partial charge is 0.411 e. The molecule has 37 heavy (non-hydrogen) atoms. The summed E-state index contributed by atoms with van der Waals surface area (Å²) in [6.45, 7) is 4.68. The lowest BCUT2D eigenvalue weighted by Crippen LogP contribution is -2.33. The number of benzene rings is 2. The van der Waals surface area contributed by atoms with Crippen molar-refractivity contribution in [3.63, 3.8) is 0 Å². The first-order valence-electron chi connectivity index (χ1n) is 11.8. The zero-order chi connectivity index (χ0) is 27.2. The maximum atomic E-state index is 12.8. The maximum absolute atomic E-state index is 12.8. The van der Waals surface area contributed by atoms with Gasteiger partial charge in [0.05, 0.1) is 39.6 Å². The molecule has 0 spiro atoms. The molecule has 0 bridgehead atoms. The molecule has 0 atom stereocenters. The maximum Gasteiger partial charge on any atom is 0.411 e. The number of nitrogens with one attached hydrogen (secondary N) is 1. The summed E-state index contributed by atoms with van der Waals surface area (Å²) in [6, 6.07) is 12.7. The Morgan fingerprint density at radius 1 is 0.973 bits per heavy atom. The van der Waals surface area contributed by atoms with E-state index >= 15 is 0 Å². The Morgan fingerprint density at radius 3 is 2.22 bits per heavy atom. The van der Waals surface area contributed by atoms with Crippen molar-refractivity contribution < 1.29 is 33.3 Å². The van der Waals surface area contributed by atoms with Gasteiger partial charge in [-0.3, -0.25) is 10.1 Å². The summed E-state index contributed by atoms with van der Waals surface area (Å²) in [5, 5.41) is 8.75. The molecule has 0 saturated carbocycles. The summed E-state index contributed by atoms with van der Waals surface area (Å²) in [4.78, 5) is 33.9. The Morgan fingerprint density at radius 2 is 1.65 bits per heavy atom. The molecule has 0 radical (unpaired) electrons. The van der Waals surface area contributed by atoms with E-state index in [1.165, 1.54) is 5.01 Å². The van der Waals surface area contributed by atoms with Gasteiger partial charge in [-0.15, -0.1) is 0 Å². The van der Waals surface area contributed by atoms with Crippen LogP contribution in [-0.4, -0.2) is 62.1 Å². The summed E-state index contributed by atoms with van der Waals surface area (Å²) in [7, 11) is 3.18. The van der Waals surface area contributed by atoms with Crippen LogP contribution in [0.4, 0.5) is 15.3 Å².